The molecule has 0 spiro atoms. The van der Waals surface area contributed by atoms with Crippen LogP contribution in [0.5, 0.6) is 0 Å². The summed E-state index contributed by atoms with van der Waals surface area (Å²) < 4.78 is 16.0. The quantitative estimate of drug-likeness (QED) is 0.560. The minimum atomic E-state index is -0.203. The van der Waals surface area contributed by atoms with Crippen molar-refractivity contribution in [3.05, 3.63) is 77.2 Å². The molecule has 0 aliphatic heterocycles. The van der Waals surface area contributed by atoms with Gasteiger partial charge in [-0.1, -0.05) is 50.2 Å². The lowest BCUT2D eigenvalue weighted by atomic mass is 9.81. The summed E-state index contributed by atoms with van der Waals surface area (Å²) in [5, 5.41) is 0. The van der Waals surface area contributed by atoms with Gasteiger partial charge in [0.25, 0.3) is 0 Å². The van der Waals surface area contributed by atoms with Crippen molar-refractivity contribution in [1.29, 1.82) is 0 Å². The van der Waals surface area contributed by atoms with Crippen LogP contribution >= 0.6 is 0 Å². The first kappa shape index (κ1) is 15.1. The molecule has 24 heavy (non-hydrogen) atoms. The molecule has 1 aromatic heterocycles. The van der Waals surface area contributed by atoms with Gasteiger partial charge in [0.2, 0.25) is 5.69 Å². The average molecular weight is 318 g/mol. The van der Waals surface area contributed by atoms with E-state index in [1.807, 2.05) is 11.6 Å². The summed E-state index contributed by atoms with van der Waals surface area (Å²) in [6.45, 7) is 6.64. The fraction of sp³-hybridized carbons (Fsp3) is 0.227. The van der Waals surface area contributed by atoms with Crippen molar-refractivity contribution in [2.45, 2.75) is 26.2 Å². The zero-order chi connectivity index (χ0) is 17.1. The Morgan fingerprint density at radius 3 is 2.46 bits per heavy atom. The molecular weight excluding hydrogens is 297 g/mol. The Morgan fingerprint density at radius 2 is 1.67 bits per heavy atom. The second-order valence-corrected chi connectivity index (χ2v) is 7.19. The lowest BCUT2D eigenvalue weighted by Gasteiger charge is -2.21. The molecule has 120 valence electrons. The highest BCUT2D eigenvalue weighted by Crippen LogP contribution is 2.52. The number of hydrogen-bond donors (Lipinski definition) is 0. The summed E-state index contributed by atoms with van der Waals surface area (Å²) in [4.78, 5) is 0. The molecule has 0 saturated heterocycles. The van der Waals surface area contributed by atoms with Crippen molar-refractivity contribution in [3.63, 3.8) is 0 Å². The van der Waals surface area contributed by atoms with E-state index < -0.39 is 0 Å². The Bertz CT molecular complexity index is 970. The molecule has 2 heteroatoms. The molecule has 1 heterocycles. The number of aryl methyl sites for hydroxylation is 2. The molecular formula is C22H21FN+. The summed E-state index contributed by atoms with van der Waals surface area (Å²) >= 11 is 0. The van der Waals surface area contributed by atoms with E-state index in [0.717, 1.165) is 11.3 Å². The maximum absolute atomic E-state index is 14.0. The number of benzene rings is 2. The smallest absolute Gasteiger partial charge is 0.207 e. The van der Waals surface area contributed by atoms with Crippen molar-refractivity contribution in [2.24, 2.45) is 7.05 Å². The summed E-state index contributed by atoms with van der Waals surface area (Å²) in [5.41, 5.74) is 8.34. The number of fused-ring (bicyclic) bond motifs is 3. The molecule has 1 aliphatic carbocycles. The molecule has 0 radical (unpaired) electrons. The summed E-state index contributed by atoms with van der Waals surface area (Å²) in [6, 6.07) is 16.1. The van der Waals surface area contributed by atoms with Crippen LogP contribution in [0.25, 0.3) is 22.4 Å². The number of aromatic nitrogens is 1. The van der Waals surface area contributed by atoms with Gasteiger partial charge in [-0.2, -0.15) is 0 Å². The molecule has 1 nitrogen and oxygen atoms in total. The van der Waals surface area contributed by atoms with E-state index in [1.54, 1.807) is 12.3 Å². The monoisotopic (exact) mass is 318 g/mol. The highest BCUT2D eigenvalue weighted by molar-refractivity contribution is 5.92. The Balaban J connectivity index is 2.14. The number of hydrogen-bond acceptors (Lipinski definition) is 0. The van der Waals surface area contributed by atoms with E-state index in [0.29, 0.717) is 0 Å². The molecule has 1 aliphatic rings. The van der Waals surface area contributed by atoms with Crippen LogP contribution in [0, 0.1) is 12.7 Å². The molecule has 0 fully saturated rings. The normalized spacial score (nSPS) is 14.4. The highest BCUT2D eigenvalue weighted by atomic mass is 19.1. The van der Waals surface area contributed by atoms with Gasteiger partial charge in [-0.15, -0.1) is 0 Å². The molecule has 0 amide bonds. The largest absolute Gasteiger partial charge is 0.216 e. The lowest BCUT2D eigenvalue weighted by Crippen LogP contribution is -2.31. The maximum atomic E-state index is 14.0. The van der Waals surface area contributed by atoms with Crippen LogP contribution in [0.3, 0.4) is 0 Å². The SMILES string of the molecule is Cc1ccc2c(c1-c1cc(F)cc[n+]1C)-c1ccccc1C2(C)C. The Hall–Kier alpha value is -2.48. The van der Waals surface area contributed by atoms with Crippen LogP contribution in [0.15, 0.2) is 54.7 Å². The van der Waals surface area contributed by atoms with E-state index in [-0.39, 0.29) is 11.2 Å². The summed E-state index contributed by atoms with van der Waals surface area (Å²) in [6.07, 6.45) is 1.79. The number of halogens is 1. The third kappa shape index (κ3) is 1.96. The Kier molecular flexibility index (Phi) is 3.14. The Labute approximate surface area is 142 Å². The molecule has 0 saturated carbocycles. The van der Waals surface area contributed by atoms with Crippen LogP contribution in [-0.4, -0.2) is 0 Å². The van der Waals surface area contributed by atoms with Crippen molar-refractivity contribution in [1.82, 2.24) is 0 Å². The van der Waals surface area contributed by atoms with Crippen LogP contribution in [-0.2, 0) is 12.5 Å². The van der Waals surface area contributed by atoms with Gasteiger partial charge >= 0.3 is 0 Å². The standard InChI is InChI=1S/C22H21FN/c1-14-9-10-18-21(16-7-5-6-8-17(16)22(18,2)3)20(14)19-13-15(23)11-12-24(19)4/h5-13H,1-4H3/q+1. The lowest BCUT2D eigenvalue weighted by molar-refractivity contribution is -0.660. The molecule has 0 N–H and O–H groups in total. The van der Waals surface area contributed by atoms with E-state index in [4.69, 9.17) is 0 Å². The predicted molar refractivity (Wildman–Crippen MR) is 95.3 cm³/mol. The van der Waals surface area contributed by atoms with Crippen molar-refractivity contribution >= 4 is 0 Å². The van der Waals surface area contributed by atoms with Gasteiger partial charge in [0.15, 0.2) is 6.20 Å². The molecule has 4 rings (SSSR count). The Morgan fingerprint density at radius 1 is 0.917 bits per heavy atom. The van der Waals surface area contributed by atoms with Crippen LogP contribution in [0.1, 0.15) is 30.5 Å². The molecule has 0 atom stereocenters. The number of rotatable bonds is 1. The highest BCUT2D eigenvalue weighted by Gasteiger charge is 2.38. The van der Waals surface area contributed by atoms with Gasteiger partial charge in [0.05, 0.1) is 5.56 Å². The third-order valence-electron chi connectivity index (χ3n) is 5.32. The first-order chi connectivity index (χ1) is 11.4. The van der Waals surface area contributed by atoms with Gasteiger partial charge in [-0.3, -0.25) is 0 Å². The summed E-state index contributed by atoms with van der Waals surface area (Å²) in [7, 11) is 1.97. The average Bonchev–Trinajstić information content (AvgIpc) is 2.79. The maximum Gasteiger partial charge on any atom is 0.216 e. The van der Waals surface area contributed by atoms with Gasteiger partial charge < -0.3 is 0 Å². The molecule has 2 aromatic carbocycles. The minimum Gasteiger partial charge on any atom is -0.207 e. The van der Waals surface area contributed by atoms with Crippen molar-refractivity contribution in [3.8, 4) is 22.4 Å². The molecule has 0 bridgehead atoms. The van der Waals surface area contributed by atoms with E-state index in [9.17, 15) is 4.39 Å². The zero-order valence-electron chi connectivity index (χ0n) is 14.5. The van der Waals surface area contributed by atoms with Crippen molar-refractivity contribution in [2.75, 3.05) is 0 Å². The fourth-order valence-corrected chi connectivity index (χ4v) is 4.02. The second kappa shape index (κ2) is 5.01. The van der Waals surface area contributed by atoms with Crippen LogP contribution in [0.2, 0.25) is 0 Å². The number of nitrogens with zero attached hydrogens (tertiary/aromatic N) is 1. The van der Waals surface area contributed by atoms with Gasteiger partial charge in [0.1, 0.15) is 12.9 Å². The predicted octanol–water partition coefficient (Wildman–Crippen LogP) is 4.93. The van der Waals surface area contributed by atoms with Crippen LogP contribution in [0.4, 0.5) is 4.39 Å². The zero-order valence-corrected chi connectivity index (χ0v) is 14.5. The van der Waals surface area contributed by atoms with Crippen LogP contribution < -0.4 is 4.57 Å². The van der Waals surface area contributed by atoms with Gasteiger partial charge in [-0.05, 0) is 29.2 Å². The second-order valence-electron chi connectivity index (χ2n) is 7.19. The van der Waals surface area contributed by atoms with E-state index in [2.05, 4.69) is 57.2 Å². The fourth-order valence-electron chi connectivity index (χ4n) is 4.02. The van der Waals surface area contributed by atoms with Crippen molar-refractivity contribution < 1.29 is 8.96 Å². The van der Waals surface area contributed by atoms with E-state index >= 15 is 0 Å². The summed E-state index contributed by atoms with van der Waals surface area (Å²) in [5.74, 6) is -0.203. The first-order valence-electron chi connectivity index (χ1n) is 8.31. The van der Waals surface area contributed by atoms with Gasteiger partial charge in [0, 0.05) is 23.1 Å². The minimum absolute atomic E-state index is 0.0414. The van der Waals surface area contributed by atoms with E-state index in [1.165, 1.54) is 33.9 Å². The number of pyridine rings is 1. The first-order valence-corrected chi connectivity index (χ1v) is 8.31. The molecule has 0 unspecified atom stereocenters. The topological polar surface area (TPSA) is 3.88 Å². The molecule has 3 aromatic rings. The third-order valence-corrected chi connectivity index (χ3v) is 5.32. The van der Waals surface area contributed by atoms with Gasteiger partial charge in [-0.25, -0.2) is 8.96 Å².